The maximum atomic E-state index is 11.1. The van der Waals surface area contributed by atoms with Gasteiger partial charge in [-0.25, -0.2) is 4.79 Å². The van der Waals surface area contributed by atoms with E-state index in [2.05, 4.69) is 36.4 Å². The van der Waals surface area contributed by atoms with Gasteiger partial charge in [0.05, 0.1) is 10.4 Å². The van der Waals surface area contributed by atoms with Crippen molar-refractivity contribution in [1.29, 1.82) is 0 Å². The van der Waals surface area contributed by atoms with E-state index >= 15 is 0 Å². The Morgan fingerprint density at radius 1 is 0.767 bits per heavy atom. The SMILES string of the molecule is O=C(O)c1ccc(-c2cccc(-c3cccc(-c4scc5c4OCCO5)c3)c2)cc1. The van der Waals surface area contributed by atoms with Crippen LogP contribution in [-0.2, 0) is 0 Å². The Bertz CT molecular complexity index is 1220. The van der Waals surface area contributed by atoms with Gasteiger partial charge in [-0.3, -0.25) is 0 Å². The minimum Gasteiger partial charge on any atom is -0.485 e. The minimum atomic E-state index is -0.919. The number of carboxylic acids is 1. The van der Waals surface area contributed by atoms with E-state index in [0.29, 0.717) is 13.2 Å². The second-order valence-electron chi connectivity index (χ2n) is 7.00. The highest BCUT2D eigenvalue weighted by Gasteiger charge is 2.20. The first-order valence-electron chi connectivity index (χ1n) is 9.61. The third-order valence-electron chi connectivity index (χ3n) is 5.09. The maximum absolute atomic E-state index is 11.1. The van der Waals surface area contributed by atoms with Gasteiger partial charge >= 0.3 is 5.97 Å². The molecule has 1 aromatic heterocycles. The third-order valence-corrected chi connectivity index (χ3v) is 6.08. The molecular formula is C25H18O4S. The Morgan fingerprint density at radius 2 is 1.37 bits per heavy atom. The van der Waals surface area contributed by atoms with E-state index in [4.69, 9.17) is 14.6 Å². The van der Waals surface area contributed by atoms with Gasteiger partial charge in [0.1, 0.15) is 13.2 Å². The average molecular weight is 414 g/mol. The normalized spacial score (nSPS) is 12.5. The van der Waals surface area contributed by atoms with Crippen LogP contribution >= 0.6 is 11.3 Å². The summed E-state index contributed by atoms with van der Waals surface area (Å²) in [7, 11) is 0. The number of hydrogen-bond acceptors (Lipinski definition) is 4. The number of carboxylic acid groups (broad SMARTS) is 1. The Kier molecular flexibility index (Phi) is 4.73. The minimum absolute atomic E-state index is 0.285. The fraction of sp³-hybridized carbons (Fsp3) is 0.0800. The number of hydrogen-bond donors (Lipinski definition) is 1. The second kappa shape index (κ2) is 7.69. The summed E-state index contributed by atoms with van der Waals surface area (Å²) in [4.78, 5) is 12.2. The molecule has 0 unspecified atom stereocenters. The fourth-order valence-corrected chi connectivity index (χ4v) is 4.52. The van der Waals surface area contributed by atoms with Crippen molar-refractivity contribution in [2.45, 2.75) is 0 Å². The zero-order valence-corrected chi connectivity index (χ0v) is 16.8. The van der Waals surface area contributed by atoms with E-state index < -0.39 is 5.97 Å². The van der Waals surface area contributed by atoms with E-state index in [-0.39, 0.29) is 5.56 Å². The fourth-order valence-electron chi connectivity index (χ4n) is 3.59. The molecule has 3 aromatic carbocycles. The van der Waals surface area contributed by atoms with Gasteiger partial charge in [0.15, 0.2) is 11.5 Å². The van der Waals surface area contributed by atoms with Gasteiger partial charge in [-0.05, 0) is 52.1 Å². The summed E-state index contributed by atoms with van der Waals surface area (Å²) in [5, 5.41) is 11.1. The first-order valence-corrected chi connectivity index (χ1v) is 10.5. The second-order valence-corrected chi connectivity index (χ2v) is 7.88. The lowest BCUT2D eigenvalue weighted by Crippen LogP contribution is -2.14. The molecule has 5 rings (SSSR count). The molecular weight excluding hydrogens is 396 g/mol. The number of fused-ring (bicyclic) bond motifs is 1. The van der Waals surface area contributed by atoms with Gasteiger partial charge in [-0.2, -0.15) is 0 Å². The van der Waals surface area contributed by atoms with Crippen molar-refractivity contribution in [1.82, 2.24) is 0 Å². The third kappa shape index (κ3) is 3.44. The molecule has 0 spiro atoms. The highest BCUT2D eigenvalue weighted by Crippen LogP contribution is 2.46. The summed E-state index contributed by atoms with van der Waals surface area (Å²) in [6.07, 6.45) is 0. The molecule has 4 nitrogen and oxygen atoms in total. The lowest BCUT2D eigenvalue weighted by atomic mass is 9.97. The van der Waals surface area contributed by atoms with Crippen LogP contribution in [0.3, 0.4) is 0 Å². The lowest BCUT2D eigenvalue weighted by Gasteiger charge is -2.16. The molecule has 0 saturated carbocycles. The molecule has 2 heterocycles. The monoisotopic (exact) mass is 414 g/mol. The first kappa shape index (κ1) is 18.5. The van der Waals surface area contributed by atoms with Crippen LogP contribution in [0.25, 0.3) is 32.7 Å². The molecule has 1 aliphatic heterocycles. The van der Waals surface area contributed by atoms with Crippen LogP contribution in [0.15, 0.2) is 78.2 Å². The molecule has 0 saturated heterocycles. The summed E-state index contributed by atoms with van der Waals surface area (Å²) in [5.74, 6) is 0.728. The average Bonchev–Trinajstić information content (AvgIpc) is 3.24. The lowest BCUT2D eigenvalue weighted by molar-refractivity contribution is 0.0697. The first-order chi connectivity index (χ1) is 14.7. The Balaban J connectivity index is 1.49. The smallest absolute Gasteiger partial charge is 0.335 e. The maximum Gasteiger partial charge on any atom is 0.335 e. The van der Waals surface area contributed by atoms with Crippen molar-refractivity contribution in [3.05, 3.63) is 83.7 Å². The summed E-state index contributed by atoms with van der Waals surface area (Å²) < 4.78 is 11.5. The molecule has 4 aromatic rings. The molecule has 0 aliphatic carbocycles. The van der Waals surface area contributed by atoms with E-state index in [1.165, 1.54) is 0 Å². The molecule has 30 heavy (non-hydrogen) atoms. The van der Waals surface area contributed by atoms with Gasteiger partial charge in [-0.1, -0.05) is 48.5 Å². The number of ether oxygens (including phenoxy) is 2. The topological polar surface area (TPSA) is 55.8 Å². The molecule has 1 aliphatic rings. The van der Waals surface area contributed by atoms with Crippen LogP contribution in [-0.4, -0.2) is 24.3 Å². The highest BCUT2D eigenvalue weighted by atomic mass is 32.1. The van der Waals surface area contributed by atoms with Gasteiger partial charge in [0, 0.05) is 5.38 Å². The predicted octanol–water partition coefficient (Wildman–Crippen LogP) is 6.22. The van der Waals surface area contributed by atoms with Gasteiger partial charge in [0.25, 0.3) is 0 Å². The molecule has 5 heteroatoms. The van der Waals surface area contributed by atoms with Crippen LogP contribution in [0.2, 0.25) is 0 Å². The Hall–Kier alpha value is -3.57. The summed E-state index contributed by atoms with van der Waals surface area (Å²) in [5.41, 5.74) is 5.61. The van der Waals surface area contributed by atoms with Crippen molar-refractivity contribution in [3.8, 4) is 44.2 Å². The summed E-state index contributed by atoms with van der Waals surface area (Å²) in [6.45, 7) is 1.16. The van der Waals surface area contributed by atoms with E-state index in [9.17, 15) is 4.79 Å². The largest absolute Gasteiger partial charge is 0.485 e. The zero-order chi connectivity index (χ0) is 20.5. The summed E-state index contributed by atoms with van der Waals surface area (Å²) >= 11 is 1.63. The number of benzene rings is 3. The molecule has 0 bridgehead atoms. The van der Waals surface area contributed by atoms with Crippen molar-refractivity contribution in [3.63, 3.8) is 0 Å². The van der Waals surface area contributed by atoms with Gasteiger partial charge in [0.2, 0.25) is 0 Å². The number of aromatic carboxylic acids is 1. The van der Waals surface area contributed by atoms with Crippen LogP contribution in [0.4, 0.5) is 0 Å². The predicted molar refractivity (Wildman–Crippen MR) is 119 cm³/mol. The number of thiophene rings is 1. The zero-order valence-electron chi connectivity index (χ0n) is 16.0. The molecule has 1 N–H and O–H groups in total. The summed E-state index contributed by atoms with van der Waals surface area (Å²) in [6, 6.07) is 23.6. The Labute approximate surface area is 178 Å². The quantitative estimate of drug-likeness (QED) is 0.431. The number of carbonyl (C=O) groups is 1. The van der Waals surface area contributed by atoms with Crippen molar-refractivity contribution in [2.24, 2.45) is 0 Å². The Morgan fingerprint density at radius 3 is 2.07 bits per heavy atom. The molecule has 0 atom stereocenters. The van der Waals surface area contributed by atoms with Gasteiger partial charge in [-0.15, -0.1) is 11.3 Å². The molecule has 0 radical (unpaired) electrons. The van der Waals surface area contributed by atoms with Crippen LogP contribution in [0.5, 0.6) is 11.5 Å². The van der Waals surface area contributed by atoms with Crippen LogP contribution in [0, 0.1) is 0 Å². The van der Waals surface area contributed by atoms with E-state index in [0.717, 1.165) is 44.2 Å². The number of rotatable bonds is 4. The van der Waals surface area contributed by atoms with E-state index in [1.54, 1.807) is 23.5 Å². The van der Waals surface area contributed by atoms with Crippen LogP contribution < -0.4 is 9.47 Å². The van der Waals surface area contributed by atoms with Crippen molar-refractivity contribution >= 4 is 17.3 Å². The van der Waals surface area contributed by atoms with Crippen molar-refractivity contribution < 1.29 is 19.4 Å². The van der Waals surface area contributed by atoms with E-state index in [1.807, 2.05) is 29.6 Å². The van der Waals surface area contributed by atoms with Crippen molar-refractivity contribution in [2.75, 3.05) is 13.2 Å². The highest BCUT2D eigenvalue weighted by molar-refractivity contribution is 7.14. The molecule has 0 fully saturated rings. The molecule has 0 amide bonds. The van der Waals surface area contributed by atoms with Gasteiger partial charge < -0.3 is 14.6 Å². The molecule has 148 valence electrons. The van der Waals surface area contributed by atoms with Crippen LogP contribution in [0.1, 0.15) is 10.4 Å². The standard InChI is InChI=1S/C25H18O4S/c26-25(27)17-9-7-16(8-10-17)18-3-1-4-19(13-18)20-5-2-6-21(14-20)24-23-22(15-30-24)28-11-12-29-23/h1-10,13-15H,11-12H2,(H,26,27).